The number of benzene rings is 1. The summed E-state index contributed by atoms with van der Waals surface area (Å²) in [7, 11) is 0. The summed E-state index contributed by atoms with van der Waals surface area (Å²) >= 11 is 0.725. The Labute approximate surface area is 76.9 Å². The highest BCUT2D eigenvalue weighted by Crippen LogP contribution is 2.31. The second-order valence-corrected chi connectivity index (χ2v) is 3.14. The first-order valence-corrected chi connectivity index (χ1v) is 4.19. The predicted octanol–water partition coefficient (Wildman–Crippen LogP) is 2.99. The van der Waals surface area contributed by atoms with Gasteiger partial charge in [-0.15, -0.1) is 0 Å². The van der Waals surface area contributed by atoms with E-state index in [4.69, 9.17) is 0 Å². The van der Waals surface area contributed by atoms with Crippen molar-refractivity contribution < 1.29 is 18.0 Å². The fraction of sp³-hybridized carbons (Fsp3) is 0.125. The molecule has 0 spiro atoms. The van der Waals surface area contributed by atoms with E-state index in [9.17, 15) is 18.0 Å². The monoisotopic (exact) mass is 206 g/mol. The molecule has 1 aromatic rings. The van der Waals surface area contributed by atoms with Crippen molar-refractivity contribution in [1.82, 2.24) is 0 Å². The second-order valence-electron chi connectivity index (χ2n) is 2.24. The quantitative estimate of drug-likeness (QED) is 0.546. The summed E-state index contributed by atoms with van der Waals surface area (Å²) in [4.78, 5) is 10.3. The molecule has 0 saturated heterocycles. The van der Waals surface area contributed by atoms with Crippen LogP contribution in [0.2, 0.25) is 0 Å². The second kappa shape index (κ2) is 3.83. The third kappa shape index (κ3) is 2.77. The molecule has 0 saturated carbocycles. The Kier molecular flexibility index (Phi) is 2.98. The molecule has 0 fully saturated rings. The Morgan fingerprint density at radius 3 is 2.54 bits per heavy atom. The molecule has 1 aromatic carbocycles. The molecule has 1 nitrogen and oxygen atoms in total. The standard InChI is InChI=1S/C8H5F3OS/c9-8(10,11)6-2-1-3-7(4-6)13-5-12/h1-5H. The minimum absolute atomic E-state index is 0.296. The summed E-state index contributed by atoms with van der Waals surface area (Å²) in [6, 6.07) is 4.64. The van der Waals surface area contributed by atoms with Crippen LogP contribution in [-0.2, 0) is 11.0 Å². The summed E-state index contributed by atoms with van der Waals surface area (Å²) in [6.45, 7) is 0. The normalized spacial score (nSPS) is 11.3. The Morgan fingerprint density at radius 2 is 2.00 bits per heavy atom. The zero-order valence-electron chi connectivity index (χ0n) is 6.34. The van der Waals surface area contributed by atoms with E-state index in [0.717, 1.165) is 23.9 Å². The number of carbonyl (C=O) groups is 1. The highest BCUT2D eigenvalue weighted by molar-refractivity contribution is 8.11. The van der Waals surface area contributed by atoms with Crippen molar-refractivity contribution in [2.24, 2.45) is 0 Å². The molecule has 0 atom stereocenters. The average molecular weight is 206 g/mol. The summed E-state index contributed by atoms with van der Waals surface area (Å²) in [6.07, 6.45) is -4.35. The molecule has 0 unspecified atom stereocenters. The van der Waals surface area contributed by atoms with Gasteiger partial charge in [-0.3, -0.25) is 4.79 Å². The number of hydrogen-bond acceptors (Lipinski definition) is 2. The van der Waals surface area contributed by atoms with Crippen LogP contribution in [0.3, 0.4) is 0 Å². The van der Waals surface area contributed by atoms with E-state index in [0.29, 0.717) is 10.5 Å². The van der Waals surface area contributed by atoms with Gasteiger partial charge in [0.1, 0.15) is 0 Å². The summed E-state index contributed by atoms with van der Waals surface area (Å²) < 4.78 is 36.3. The van der Waals surface area contributed by atoms with Crippen LogP contribution in [0.25, 0.3) is 0 Å². The van der Waals surface area contributed by atoms with Gasteiger partial charge in [0, 0.05) is 4.90 Å². The largest absolute Gasteiger partial charge is 0.416 e. The van der Waals surface area contributed by atoms with Gasteiger partial charge in [0.05, 0.1) is 5.56 Å². The van der Waals surface area contributed by atoms with Crippen molar-refractivity contribution in [2.75, 3.05) is 0 Å². The zero-order chi connectivity index (χ0) is 9.90. The molecule has 0 amide bonds. The third-order valence-corrected chi connectivity index (χ3v) is 1.97. The lowest BCUT2D eigenvalue weighted by atomic mass is 10.2. The van der Waals surface area contributed by atoms with Crippen LogP contribution in [0.15, 0.2) is 29.2 Å². The molecule has 5 heteroatoms. The Hall–Kier alpha value is -0.970. The molecule has 0 heterocycles. The number of rotatable bonds is 2. The van der Waals surface area contributed by atoms with Crippen LogP contribution in [0, 0.1) is 0 Å². The van der Waals surface area contributed by atoms with Gasteiger partial charge in [0.15, 0.2) is 5.62 Å². The van der Waals surface area contributed by atoms with E-state index in [1.165, 1.54) is 12.1 Å². The summed E-state index contributed by atoms with van der Waals surface area (Å²) in [5.41, 5.74) is -0.241. The van der Waals surface area contributed by atoms with Crippen LogP contribution in [-0.4, -0.2) is 5.62 Å². The van der Waals surface area contributed by atoms with Crippen LogP contribution >= 0.6 is 11.8 Å². The van der Waals surface area contributed by atoms with E-state index in [1.54, 1.807) is 0 Å². The van der Waals surface area contributed by atoms with E-state index in [-0.39, 0.29) is 0 Å². The predicted molar refractivity (Wildman–Crippen MR) is 44.1 cm³/mol. The maximum atomic E-state index is 12.1. The van der Waals surface area contributed by atoms with E-state index < -0.39 is 11.7 Å². The number of thioether (sulfide) groups is 1. The van der Waals surface area contributed by atoms with Gasteiger partial charge in [-0.25, -0.2) is 0 Å². The molecule has 0 aliphatic rings. The molecular formula is C8H5F3OS. The highest BCUT2D eigenvalue weighted by Gasteiger charge is 2.30. The lowest BCUT2D eigenvalue weighted by molar-refractivity contribution is -0.137. The SMILES string of the molecule is O=CSc1cccc(C(F)(F)F)c1. The maximum Gasteiger partial charge on any atom is 0.416 e. The lowest BCUT2D eigenvalue weighted by Gasteiger charge is -2.06. The smallest absolute Gasteiger partial charge is 0.291 e. The van der Waals surface area contributed by atoms with Gasteiger partial charge in [0.2, 0.25) is 0 Å². The van der Waals surface area contributed by atoms with Gasteiger partial charge in [-0.1, -0.05) is 17.8 Å². The summed E-state index contributed by atoms with van der Waals surface area (Å²) in [5, 5.41) is 0. The van der Waals surface area contributed by atoms with Gasteiger partial charge >= 0.3 is 6.18 Å². The molecule has 0 aliphatic heterocycles. The third-order valence-electron chi connectivity index (χ3n) is 1.35. The molecule has 0 radical (unpaired) electrons. The van der Waals surface area contributed by atoms with Crippen LogP contribution in [0.4, 0.5) is 13.2 Å². The molecule has 0 bridgehead atoms. The summed E-state index contributed by atoms with van der Waals surface area (Å²) in [5.74, 6) is 0. The number of hydrogen-bond donors (Lipinski definition) is 0. The molecule has 1 rings (SSSR count). The number of alkyl halides is 3. The van der Waals surface area contributed by atoms with Crippen molar-refractivity contribution >= 4 is 17.4 Å². The van der Waals surface area contributed by atoms with Crippen LogP contribution < -0.4 is 0 Å². The average Bonchev–Trinajstić information content (AvgIpc) is 2.04. The Morgan fingerprint density at radius 1 is 1.31 bits per heavy atom. The topological polar surface area (TPSA) is 17.1 Å². The van der Waals surface area contributed by atoms with Crippen LogP contribution in [0.1, 0.15) is 5.56 Å². The first-order chi connectivity index (χ1) is 6.04. The van der Waals surface area contributed by atoms with Crippen molar-refractivity contribution in [3.8, 4) is 0 Å². The fourth-order valence-corrected chi connectivity index (χ4v) is 1.26. The van der Waals surface area contributed by atoms with E-state index >= 15 is 0 Å². The maximum absolute atomic E-state index is 12.1. The van der Waals surface area contributed by atoms with Crippen molar-refractivity contribution in [3.63, 3.8) is 0 Å². The lowest BCUT2D eigenvalue weighted by Crippen LogP contribution is -2.04. The van der Waals surface area contributed by atoms with Gasteiger partial charge in [-0.2, -0.15) is 13.2 Å². The van der Waals surface area contributed by atoms with Crippen molar-refractivity contribution in [3.05, 3.63) is 29.8 Å². The molecule has 0 aromatic heterocycles. The minimum atomic E-state index is -4.35. The first kappa shape index (κ1) is 10.1. The minimum Gasteiger partial charge on any atom is -0.291 e. The van der Waals surface area contributed by atoms with E-state index in [1.807, 2.05) is 0 Å². The van der Waals surface area contributed by atoms with E-state index in [2.05, 4.69) is 0 Å². The first-order valence-electron chi connectivity index (χ1n) is 3.31. The highest BCUT2D eigenvalue weighted by atomic mass is 32.2. The molecule has 0 N–H and O–H groups in total. The van der Waals surface area contributed by atoms with Crippen LogP contribution in [0.5, 0.6) is 0 Å². The van der Waals surface area contributed by atoms with Gasteiger partial charge in [0.25, 0.3) is 0 Å². The van der Waals surface area contributed by atoms with Crippen molar-refractivity contribution in [2.45, 2.75) is 11.1 Å². The zero-order valence-corrected chi connectivity index (χ0v) is 7.15. The van der Waals surface area contributed by atoms with Gasteiger partial charge in [-0.05, 0) is 18.2 Å². The Balaban J connectivity index is 2.98. The fourth-order valence-electron chi connectivity index (χ4n) is 0.801. The number of halogens is 3. The van der Waals surface area contributed by atoms with Crippen molar-refractivity contribution in [1.29, 1.82) is 0 Å². The molecule has 13 heavy (non-hydrogen) atoms. The van der Waals surface area contributed by atoms with Gasteiger partial charge < -0.3 is 0 Å². The number of carbonyl (C=O) groups excluding carboxylic acids is 1. The molecular weight excluding hydrogens is 201 g/mol. The Bertz CT molecular complexity index is 309. The molecule has 0 aliphatic carbocycles. The molecule has 70 valence electrons.